The predicted octanol–water partition coefficient (Wildman–Crippen LogP) is -2.87. The van der Waals surface area contributed by atoms with E-state index in [-0.39, 0.29) is 12.4 Å². The van der Waals surface area contributed by atoms with Crippen LogP contribution in [0.2, 0.25) is 0 Å². The average molecular weight is 264 g/mol. The van der Waals surface area contributed by atoms with Crippen molar-refractivity contribution in [3.8, 4) is 0 Å². The van der Waals surface area contributed by atoms with E-state index in [0.717, 1.165) is 23.4 Å². The Morgan fingerprint density at radius 3 is 2.00 bits per heavy atom. The summed E-state index contributed by atoms with van der Waals surface area (Å²) >= 11 is 0. The number of rotatable bonds is 2. The predicted molar refractivity (Wildman–Crippen MR) is 67.6 cm³/mol. The maximum absolute atomic E-state index is 5.71. The van der Waals surface area contributed by atoms with Crippen molar-refractivity contribution in [1.29, 1.82) is 0 Å². The van der Waals surface area contributed by atoms with Gasteiger partial charge < -0.3 is 22.6 Å². The topological polar surface area (TPSA) is 67.6 Å². The van der Waals surface area contributed by atoms with Gasteiger partial charge in [-0.05, 0) is 12.8 Å². The van der Waals surface area contributed by atoms with E-state index in [1.807, 2.05) is 0 Å². The van der Waals surface area contributed by atoms with Crippen LogP contribution in [0, 0.1) is 0 Å². The molecule has 0 aliphatic heterocycles. The molecule has 0 atom stereocenters. The standard InChI is InChI=1S/C11H26N5.ClH/c1-15(13)11(12)14-9-5-7-10(8-6-9)16(2,3)4;/h9-10H,5-8,13H2,1-4H3,(H2,12,14);1H/q+1;/p-1. The molecule has 0 bridgehead atoms. The molecule has 17 heavy (non-hydrogen) atoms. The summed E-state index contributed by atoms with van der Waals surface area (Å²) in [6.07, 6.45) is 4.68. The first-order valence-corrected chi connectivity index (χ1v) is 5.93. The Kier molecular flexibility index (Phi) is 6.23. The summed E-state index contributed by atoms with van der Waals surface area (Å²) < 4.78 is 1.04. The van der Waals surface area contributed by atoms with Gasteiger partial charge in [-0.2, -0.15) is 0 Å². The first kappa shape index (κ1) is 16.5. The number of quaternary nitrogens is 1. The summed E-state index contributed by atoms with van der Waals surface area (Å²) in [6, 6.07) is 1.11. The molecule has 0 saturated heterocycles. The van der Waals surface area contributed by atoms with Gasteiger partial charge >= 0.3 is 0 Å². The third kappa shape index (κ3) is 5.10. The van der Waals surface area contributed by atoms with Gasteiger partial charge in [0.25, 0.3) is 0 Å². The zero-order chi connectivity index (χ0) is 12.3. The molecule has 0 unspecified atom stereocenters. The van der Waals surface area contributed by atoms with Crippen molar-refractivity contribution in [2.45, 2.75) is 37.8 Å². The van der Waals surface area contributed by atoms with Crippen molar-refractivity contribution in [2.24, 2.45) is 16.6 Å². The lowest BCUT2D eigenvalue weighted by Crippen LogP contribution is -3.00. The third-order valence-electron chi connectivity index (χ3n) is 3.44. The number of hydrogen-bond acceptors (Lipinski definition) is 2. The summed E-state index contributed by atoms with van der Waals surface area (Å²) in [5, 5.41) is 1.38. The largest absolute Gasteiger partial charge is 1.00 e. The monoisotopic (exact) mass is 263 g/mol. The summed E-state index contributed by atoms with van der Waals surface area (Å²) in [7, 11) is 8.50. The van der Waals surface area contributed by atoms with Crippen LogP contribution in [0.3, 0.4) is 0 Å². The van der Waals surface area contributed by atoms with Gasteiger partial charge in [0.2, 0.25) is 5.96 Å². The first-order chi connectivity index (χ1) is 7.30. The van der Waals surface area contributed by atoms with E-state index in [1.165, 1.54) is 17.9 Å². The molecule has 1 aliphatic carbocycles. The van der Waals surface area contributed by atoms with E-state index in [4.69, 9.17) is 11.6 Å². The van der Waals surface area contributed by atoms with Crippen molar-refractivity contribution >= 4 is 5.96 Å². The van der Waals surface area contributed by atoms with Crippen LogP contribution in [0.1, 0.15) is 25.7 Å². The van der Waals surface area contributed by atoms with Gasteiger partial charge in [-0.25, -0.2) is 10.8 Å². The Morgan fingerprint density at radius 1 is 1.18 bits per heavy atom. The molecule has 1 fully saturated rings. The maximum atomic E-state index is 5.71. The van der Waals surface area contributed by atoms with E-state index in [9.17, 15) is 0 Å². The first-order valence-electron chi connectivity index (χ1n) is 5.93. The van der Waals surface area contributed by atoms with Gasteiger partial charge in [0, 0.05) is 19.9 Å². The number of hydrazine groups is 1. The summed E-state index contributed by atoms with van der Waals surface area (Å²) in [4.78, 5) is 4.44. The Morgan fingerprint density at radius 2 is 1.65 bits per heavy atom. The number of aliphatic imine (C=N–C) groups is 1. The minimum Gasteiger partial charge on any atom is -1.00 e. The molecular formula is C11H26ClN5. The fourth-order valence-electron chi connectivity index (χ4n) is 2.24. The fraction of sp³-hybridized carbons (Fsp3) is 0.909. The van der Waals surface area contributed by atoms with Gasteiger partial charge in [-0.3, -0.25) is 5.01 Å². The zero-order valence-electron chi connectivity index (χ0n) is 11.4. The molecule has 0 amide bonds. The number of guanidine groups is 1. The van der Waals surface area contributed by atoms with E-state index in [0.29, 0.717) is 12.0 Å². The van der Waals surface area contributed by atoms with Crippen LogP contribution >= 0.6 is 0 Å². The lowest BCUT2D eigenvalue weighted by Gasteiger charge is -2.38. The highest BCUT2D eigenvalue weighted by atomic mass is 35.5. The molecule has 0 heterocycles. The Bertz CT molecular complexity index is 251. The highest BCUT2D eigenvalue weighted by molar-refractivity contribution is 5.77. The smallest absolute Gasteiger partial charge is 0.205 e. The minimum absolute atomic E-state index is 0. The van der Waals surface area contributed by atoms with Crippen LogP contribution in [-0.2, 0) is 0 Å². The lowest BCUT2D eigenvalue weighted by molar-refractivity contribution is -0.897. The molecule has 1 saturated carbocycles. The molecule has 5 nitrogen and oxygen atoms in total. The van der Waals surface area contributed by atoms with E-state index < -0.39 is 0 Å². The van der Waals surface area contributed by atoms with Gasteiger partial charge in [-0.1, -0.05) is 0 Å². The van der Waals surface area contributed by atoms with Crippen molar-refractivity contribution in [2.75, 3.05) is 28.2 Å². The quantitative estimate of drug-likeness (QED) is 0.185. The SMILES string of the molecule is CN(N)C(N)=NC1CCC([N+](C)(C)C)CC1.[Cl-]. The molecule has 0 aromatic carbocycles. The van der Waals surface area contributed by atoms with Crippen molar-refractivity contribution in [3.05, 3.63) is 0 Å². The van der Waals surface area contributed by atoms with Crippen LogP contribution in [0.25, 0.3) is 0 Å². The molecule has 0 radical (unpaired) electrons. The fourth-order valence-corrected chi connectivity index (χ4v) is 2.24. The second kappa shape index (κ2) is 6.42. The van der Waals surface area contributed by atoms with Gasteiger partial charge in [0.05, 0.1) is 33.2 Å². The third-order valence-corrected chi connectivity index (χ3v) is 3.44. The second-order valence-electron chi connectivity index (χ2n) is 5.68. The summed E-state index contributed by atoms with van der Waals surface area (Å²) in [5.74, 6) is 5.96. The lowest BCUT2D eigenvalue weighted by atomic mass is 9.90. The number of nitrogens with two attached hydrogens (primary N) is 2. The molecule has 1 rings (SSSR count). The average Bonchev–Trinajstić information content (AvgIpc) is 2.17. The van der Waals surface area contributed by atoms with Crippen LogP contribution in [0.4, 0.5) is 0 Å². The summed E-state index contributed by atoms with van der Waals surface area (Å²) in [5.41, 5.74) is 5.71. The zero-order valence-corrected chi connectivity index (χ0v) is 12.1. The molecule has 6 heteroatoms. The minimum atomic E-state index is 0. The van der Waals surface area contributed by atoms with E-state index in [2.05, 4.69) is 26.1 Å². The van der Waals surface area contributed by atoms with Gasteiger partial charge in [-0.15, -0.1) is 0 Å². The summed E-state index contributed by atoms with van der Waals surface area (Å²) in [6.45, 7) is 0. The highest BCUT2D eigenvalue weighted by Gasteiger charge is 2.29. The van der Waals surface area contributed by atoms with Crippen LogP contribution < -0.4 is 24.0 Å². The van der Waals surface area contributed by atoms with Crippen molar-refractivity contribution in [3.63, 3.8) is 0 Å². The maximum Gasteiger partial charge on any atom is 0.205 e. The Labute approximate surface area is 111 Å². The Hall–Kier alpha value is -0.520. The second-order valence-corrected chi connectivity index (χ2v) is 5.68. The van der Waals surface area contributed by atoms with Crippen LogP contribution in [-0.4, -0.2) is 55.7 Å². The van der Waals surface area contributed by atoms with Crippen LogP contribution in [0.5, 0.6) is 0 Å². The van der Waals surface area contributed by atoms with E-state index in [1.54, 1.807) is 7.05 Å². The van der Waals surface area contributed by atoms with Crippen molar-refractivity contribution < 1.29 is 16.9 Å². The molecule has 102 valence electrons. The number of hydrogen-bond donors (Lipinski definition) is 2. The number of nitrogens with zero attached hydrogens (tertiary/aromatic N) is 3. The van der Waals surface area contributed by atoms with Gasteiger partial charge in [0.1, 0.15) is 0 Å². The van der Waals surface area contributed by atoms with Gasteiger partial charge in [0.15, 0.2) is 0 Å². The van der Waals surface area contributed by atoms with Crippen molar-refractivity contribution in [1.82, 2.24) is 5.01 Å². The Balaban J connectivity index is 0.00000256. The molecule has 0 aromatic rings. The van der Waals surface area contributed by atoms with Crippen LogP contribution in [0.15, 0.2) is 4.99 Å². The normalized spacial score (nSPS) is 26.3. The number of halogens is 1. The van der Waals surface area contributed by atoms with E-state index >= 15 is 0 Å². The highest BCUT2D eigenvalue weighted by Crippen LogP contribution is 2.26. The molecular weight excluding hydrogens is 238 g/mol. The molecule has 0 spiro atoms. The molecule has 0 aromatic heterocycles. The molecule has 1 aliphatic rings. The molecule has 4 N–H and O–H groups in total.